The zero-order valence-corrected chi connectivity index (χ0v) is 21.3. The van der Waals surface area contributed by atoms with E-state index in [0.717, 1.165) is 24.2 Å². The lowest BCUT2D eigenvalue weighted by atomic mass is 9.87. The number of carbonyl (C=O) groups is 2. The van der Waals surface area contributed by atoms with Crippen LogP contribution in [0.4, 0.5) is 0 Å². The highest BCUT2D eigenvalue weighted by Gasteiger charge is 2.37. The third-order valence-electron chi connectivity index (χ3n) is 6.28. The minimum absolute atomic E-state index is 0.0189. The Balaban J connectivity index is 1.70. The van der Waals surface area contributed by atoms with Crippen molar-refractivity contribution in [2.45, 2.75) is 70.9 Å². The Morgan fingerprint density at radius 2 is 1.58 bits per heavy atom. The van der Waals surface area contributed by atoms with Crippen LogP contribution in [0.2, 0.25) is 0 Å². The fourth-order valence-electron chi connectivity index (χ4n) is 4.27. The van der Waals surface area contributed by atoms with Gasteiger partial charge in [0, 0.05) is 25.1 Å². The van der Waals surface area contributed by atoms with Gasteiger partial charge in [-0.15, -0.1) is 0 Å². The Morgan fingerprint density at radius 3 is 2.11 bits per heavy atom. The number of ether oxygens (including phenoxy) is 3. The van der Waals surface area contributed by atoms with E-state index >= 15 is 0 Å². The molecule has 0 spiro atoms. The fourth-order valence-corrected chi connectivity index (χ4v) is 4.27. The topological polar surface area (TPSA) is 106 Å². The van der Waals surface area contributed by atoms with Gasteiger partial charge in [0.05, 0.1) is 25.4 Å². The number of carboxylic acid groups (broad SMARTS) is 1. The molecule has 8 heteroatoms. The van der Waals surface area contributed by atoms with Crippen LogP contribution in [-0.2, 0) is 20.9 Å². The number of rotatable bonds is 12. The summed E-state index contributed by atoms with van der Waals surface area (Å²) in [7, 11) is 1.62. The summed E-state index contributed by atoms with van der Waals surface area (Å²) < 4.78 is 17.3. The van der Waals surface area contributed by atoms with Crippen LogP contribution in [-0.4, -0.2) is 48.4 Å². The maximum Gasteiger partial charge on any atom is 0.331 e. The van der Waals surface area contributed by atoms with E-state index in [0.29, 0.717) is 18.0 Å². The molecule has 0 saturated carbocycles. The summed E-state index contributed by atoms with van der Waals surface area (Å²) in [5.41, 5.74) is 1.29. The van der Waals surface area contributed by atoms with Crippen molar-refractivity contribution in [1.82, 2.24) is 10.6 Å². The standard InChI is InChI=1S/C28H36N2O6/c1-5-21(6-2)36-26-16-20(28(32)33)15-25(27(26)30-18(3)31)29-17-19-7-9-23(10-8-19)35-24-13-11-22(34-4)12-14-24/h7-14,16,21,25-27,29H,5-6,15,17H2,1-4H3,(H,30,31)(H,32,33)/t25-,26+,27+/m0/s1. The Morgan fingerprint density at radius 1 is 1.00 bits per heavy atom. The summed E-state index contributed by atoms with van der Waals surface area (Å²) in [4.78, 5) is 23.8. The average Bonchev–Trinajstić information content (AvgIpc) is 2.88. The van der Waals surface area contributed by atoms with E-state index in [1.165, 1.54) is 6.92 Å². The first-order chi connectivity index (χ1) is 17.3. The highest BCUT2D eigenvalue weighted by atomic mass is 16.5. The normalized spacial score (nSPS) is 19.5. The number of amides is 1. The molecule has 0 saturated heterocycles. The lowest BCUT2D eigenvalue weighted by Crippen LogP contribution is -2.58. The molecule has 3 N–H and O–H groups in total. The van der Waals surface area contributed by atoms with Crippen LogP contribution in [0.5, 0.6) is 17.2 Å². The molecule has 36 heavy (non-hydrogen) atoms. The zero-order chi connectivity index (χ0) is 26.1. The number of benzene rings is 2. The van der Waals surface area contributed by atoms with Gasteiger partial charge in [-0.1, -0.05) is 26.0 Å². The zero-order valence-electron chi connectivity index (χ0n) is 21.3. The minimum Gasteiger partial charge on any atom is -0.497 e. The molecule has 8 nitrogen and oxygen atoms in total. The second-order valence-electron chi connectivity index (χ2n) is 8.88. The van der Waals surface area contributed by atoms with Crippen molar-refractivity contribution in [2.75, 3.05) is 7.11 Å². The summed E-state index contributed by atoms with van der Waals surface area (Å²) in [5, 5.41) is 16.1. The van der Waals surface area contributed by atoms with Gasteiger partial charge in [-0.2, -0.15) is 0 Å². The average molecular weight is 497 g/mol. The van der Waals surface area contributed by atoms with Crippen LogP contribution in [0.3, 0.4) is 0 Å². The Kier molecular flexibility index (Phi) is 9.90. The monoisotopic (exact) mass is 496 g/mol. The van der Waals surface area contributed by atoms with E-state index < -0.39 is 12.1 Å². The fraction of sp³-hybridized carbons (Fsp3) is 0.429. The summed E-state index contributed by atoms with van der Waals surface area (Å²) >= 11 is 0. The summed E-state index contributed by atoms with van der Waals surface area (Å²) in [6, 6.07) is 14.3. The maximum absolute atomic E-state index is 12.0. The molecule has 2 aromatic carbocycles. The van der Waals surface area contributed by atoms with Crippen molar-refractivity contribution in [3.63, 3.8) is 0 Å². The van der Waals surface area contributed by atoms with E-state index in [-0.39, 0.29) is 36.1 Å². The van der Waals surface area contributed by atoms with E-state index in [9.17, 15) is 14.7 Å². The maximum atomic E-state index is 12.0. The first-order valence-corrected chi connectivity index (χ1v) is 12.3. The minimum atomic E-state index is -0.971. The Labute approximate surface area is 212 Å². The molecular formula is C28H36N2O6. The quantitative estimate of drug-likeness (QED) is 0.399. The number of methoxy groups -OCH3 is 1. The third-order valence-corrected chi connectivity index (χ3v) is 6.28. The summed E-state index contributed by atoms with van der Waals surface area (Å²) in [6.07, 6.45) is 2.98. The Hall–Kier alpha value is -3.36. The van der Waals surface area contributed by atoms with Crippen molar-refractivity contribution in [1.29, 1.82) is 0 Å². The Bertz CT molecular complexity index is 1030. The van der Waals surface area contributed by atoms with Gasteiger partial charge < -0.3 is 30.0 Å². The molecule has 194 valence electrons. The first-order valence-electron chi connectivity index (χ1n) is 12.3. The van der Waals surface area contributed by atoms with Crippen LogP contribution >= 0.6 is 0 Å². The molecule has 0 aromatic heterocycles. The lowest BCUT2D eigenvalue weighted by molar-refractivity contribution is -0.133. The highest BCUT2D eigenvalue weighted by molar-refractivity contribution is 5.87. The van der Waals surface area contributed by atoms with E-state index in [1.54, 1.807) is 13.2 Å². The van der Waals surface area contributed by atoms with E-state index in [2.05, 4.69) is 10.6 Å². The number of carboxylic acids is 1. The van der Waals surface area contributed by atoms with E-state index in [4.69, 9.17) is 14.2 Å². The predicted octanol–water partition coefficient (Wildman–Crippen LogP) is 4.44. The van der Waals surface area contributed by atoms with Crippen LogP contribution in [0.15, 0.2) is 60.2 Å². The van der Waals surface area contributed by atoms with Gasteiger partial charge >= 0.3 is 5.97 Å². The smallest absolute Gasteiger partial charge is 0.331 e. The van der Waals surface area contributed by atoms with Crippen molar-refractivity contribution in [3.8, 4) is 17.2 Å². The van der Waals surface area contributed by atoms with Crippen LogP contribution < -0.4 is 20.1 Å². The van der Waals surface area contributed by atoms with Crippen molar-refractivity contribution >= 4 is 11.9 Å². The van der Waals surface area contributed by atoms with Crippen LogP contribution in [0.25, 0.3) is 0 Å². The van der Waals surface area contributed by atoms with Crippen molar-refractivity contribution in [3.05, 3.63) is 65.7 Å². The second kappa shape index (κ2) is 13.1. The molecule has 0 fully saturated rings. The van der Waals surface area contributed by atoms with Gasteiger partial charge in [0.2, 0.25) is 5.91 Å². The molecule has 3 atom stereocenters. The predicted molar refractivity (Wildman–Crippen MR) is 137 cm³/mol. The molecule has 0 bridgehead atoms. The van der Waals surface area contributed by atoms with Crippen molar-refractivity contribution in [2.24, 2.45) is 0 Å². The van der Waals surface area contributed by atoms with Gasteiger partial charge in [0.25, 0.3) is 0 Å². The third kappa shape index (κ3) is 7.57. The molecule has 0 aliphatic heterocycles. The highest BCUT2D eigenvalue weighted by Crippen LogP contribution is 2.26. The number of aliphatic carboxylic acids is 1. The van der Waals surface area contributed by atoms with Gasteiger partial charge in [0.15, 0.2) is 0 Å². The molecule has 3 rings (SSSR count). The number of hydrogen-bond donors (Lipinski definition) is 3. The molecule has 1 aliphatic carbocycles. The lowest BCUT2D eigenvalue weighted by Gasteiger charge is -2.38. The first kappa shape index (κ1) is 27.2. The number of carbonyl (C=O) groups excluding carboxylic acids is 1. The van der Waals surface area contributed by atoms with Gasteiger partial charge in [-0.05, 0) is 67.3 Å². The largest absolute Gasteiger partial charge is 0.497 e. The van der Waals surface area contributed by atoms with Crippen LogP contribution in [0.1, 0.15) is 45.6 Å². The van der Waals surface area contributed by atoms with Gasteiger partial charge in [-0.3, -0.25) is 4.79 Å². The summed E-state index contributed by atoms with van der Waals surface area (Å²) in [5.74, 6) is 1.02. The molecule has 0 heterocycles. The van der Waals surface area contributed by atoms with Crippen LogP contribution in [0, 0.1) is 0 Å². The molecule has 1 amide bonds. The van der Waals surface area contributed by atoms with E-state index in [1.807, 2.05) is 62.4 Å². The number of nitrogens with one attached hydrogen (secondary N) is 2. The second-order valence-corrected chi connectivity index (χ2v) is 8.88. The molecule has 0 unspecified atom stereocenters. The molecule has 2 aromatic rings. The van der Waals surface area contributed by atoms with Crippen molar-refractivity contribution < 1.29 is 28.9 Å². The van der Waals surface area contributed by atoms with Gasteiger partial charge in [0.1, 0.15) is 17.2 Å². The summed E-state index contributed by atoms with van der Waals surface area (Å²) in [6.45, 7) is 6.02. The molecular weight excluding hydrogens is 460 g/mol. The molecule has 0 radical (unpaired) electrons. The number of hydrogen-bond acceptors (Lipinski definition) is 6. The SMILES string of the molecule is CCC(CC)O[C@@H]1C=C(C(=O)O)C[C@H](NCc2ccc(Oc3ccc(OC)cc3)cc2)[C@H]1NC(C)=O. The molecule has 1 aliphatic rings. The van der Waals surface area contributed by atoms with Gasteiger partial charge in [-0.25, -0.2) is 4.79 Å².